The van der Waals surface area contributed by atoms with Crippen molar-refractivity contribution >= 4 is 11.8 Å². The molecule has 0 amide bonds. The summed E-state index contributed by atoms with van der Waals surface area (Å²) >= 11 is 0. The lowest BCUT2D eigenvalue weighted by atomic mass is 9.78. The number of anilines is 1. The van der Waals surface area contributed by atoms with Crippen LogP contribution < -0.4 is 5.32 Å². The zero-order valence-corrected chi connectivity index (χ0v) is 12.2. The van der Waals surface area contributed by atoms with E-state index in [9.17, 15) is 4.79 Å². The SMILES string of the molecule is CC(C)CC1(CNc2nnccc2C(=O)O)CCCC1. The highest BCUT2D eigenvalue weighted by molar-refractivity contribution is 5.92. The monoisotopic (exact) mass is 277 g/mol. The summed E-state index contributed by atoms with van der Waals surface area (Å²) in [6, 6.07) is 1.49. The number of rotatable bonds is 6. The van der Waals surface area contributed by atoms with Crippen LogP contribution >= 0.6 is 0 Å². The van der Waals surface area contributed by atoms with Gasteiger partial charge in [-0.15, -0.1) is 5.10 Å². The van der Waals surface area contributed by atoms with E-state index in [-0.39, 0.29) is 11.0 Å². The van der Waals surface area contributed by atoms with Gasteiger partial charge in [-0.2, -0.15) is 5.10 Å². The molecule has 1 aliphatic rings. The number of aromatic nitrogens is 2. The molecular weight excluding hydrogens is 254 g/mol. The first kappa shape index (κ1) is 14.8. The van der Waals surface area contributed by atoms with Crippen molar-refractivity contribution in [2.24, 2.45) is 11.3 Å². The van der Waals surface area contributed by atoms with Gasteiger partial charge in [-0.3, -0.25) is 0 Å². The van der Waals surface area contributed by atoms with Crippen molar-refractivity contribution < 1.29 is 9.90 Å². The summed E-state index contributed by atoms with van der Waals surface area (Å²) in [6.07, 6.45) is 7.53. The second-order valence-electron chi connectivity index (χ2n) is 6.26. The van der Waals surface area contributed by atoms with Gasteiger partial charge in [0, 0.05) is 6.54 Å². The summed E-state index contributed by atoms with van der Waals surface area (Å²) in [6.45, 7) is 5.26. The Labute approximate surface area is 119 Å². The van der Waals surface area contributed by atoms with E-state index in [2.05, 4.69) is 29.4 Å². The van der Waals surface area contributed by atoms with Gasteiger partial charge in [-0.25, -0.2) is 4.79 Å². The van der Waals surface area contributed by atoms with Crippen LogP contribution in [-0.4, -0.2) is 27.8 Å². The van der Waals surface area contributed by atoms with Crippen LogP contribution in [0.4, 0.5) is 5.82 Å². The molecule has 2 N–H and O–H groups in total. The molecule has 2 rings (SSSR count). The summed E-state index contributed by atoms with van der Waals surface area (Å²) in [5.74, 6) is 0.0671. The van der Waals surface area contributed by atoms with E-state index in [1.165, 1.54) is 44.4 Å². The van der Waals surface area contributed by atoms with E-state index in [1.54, 1.807) is 0 Å². The summed E-state index contributed by atoms with van der Waals surface area (Å²) in [5, 5.41) is 20.1. The third-order valence-corrected chi connectivity index (χ3v) is 4.09. The number of hydrogen-bond acceptors (Lipinski definition) is 4. The van der Waals surface area contributed by atoms with Crippen molar-refractivity contribution in [2.45, 2.75) is 46.0 Å². The molecule has 5 nitrogen and oxygen atoms in total. The van der Waals surface area contributed by atoms with Crippen LogP contribution in [0.1, 0.15) is 56.3 Å². The molecule has 0 bridgehead atoms. The quantitative estimate of drug-likeness (QED) is 0.835. The van der Waals surface area contributed by atoms with E-state index in [0.717, 1.165) is 6.54 Å². The fourth-order valence-electron chi connectivity index (χ4n) is 3.35. The first-order valence-electron chi connectivity index (χ1n) is 7.31. The van der Waals surface area contributed by atoms with Gasteiger partial charge in [0.25, 0.3) is 0 Å². The molecule has 0 aromatic carbocycles. The van der Waals surface area contributed by atoms with Crippen LogP contribution in [0.2, 0.25) is 0 Å². The maximum atomic E-state index is 11.2. The molecule has 1 aliphatic carbocycles. The minimum Gasteiger partial charge on any atom is -0.478 e. The van der Waals surface area contributed by atoms with Gasteiger partial charge in [-0.1, -0.05) is 26.7 Å². The molecule has 1 fully saturated rings. The molecule has 0 atom stereocenters. The Morgan fingerprint density at radius 3 is 2.75 bits per heavy atom. The van der Waals surface area contributed by atoms with E-state index >= 15 is 0 Å². The molecule has 1 aromatic heterocycles. The molecule has 20 heavy (non-hydrogen) atoms. The minimum absolute atomic E-state index is 0.192. The molecule has 1 heterocycles. The first-order valence-corrected chi connectivity index (χ1v) is 7.31. The Morgan fingerprint density at radius 2 is 2.15 bits per heavy atom. The van der Waals surface area contributed by atoms with Gasteiger partial charge >= 0.3 is 5.97 Å². The van der Waals surface area contributed by atoms with Gasteiger partial charge < -0.3 is 10.4 Å². The predicted octanol–water partition coefficient (Wildman–Crippen LogP) is 3.19. The maximum Gasteiger partial charge on any atom is 0.339 e. The lowest BCUT2D eigenvalue weighted by molar-refractivity contribution is 0.0697. The second-order valence-corrected chi connectivity index (χ2v) is 6.26. The first-order chi connectivity index (χ1) is 9.52. The molecule has 5 heteroatoms. The van der Waals surface area contributed by atoms with Gasteiger partial charge in [0.05, 0.1) is 6.20 Å². The third-order valence-electron chi connectivity index (χ3n) is 4.09. The van der Waals surface area contributed by atoms with Crippen molar-refractivity contribution in [3.63, 3.8) is 0 Å². The standard InChI is InChI=1S/C15H23N3O2/c1-11(2)9-15(6-3-4-7-15)10-16-13-12(14(19)20)5-8-17-18-13/h5,8,11H,3-4,6-7,9-10H2,1-2H3,(H,16,18)(H,19,20). The van der Waals surface area contributed by atoms with Gasteiger partial charge in [-0.05, 0) is 36.7 Å². The Kier molecular flexibility index (Phi) is 4.57. The van der Waals surface area contributed by atoms with Crippen LogP contribution in [0, 0.1) is 11.3 Å². The number of nitrogens with zero attached hydrogens (tertiary/aromatic N) is 2. The van der Waals surface area contributed by atoms with Crippen LogP contribution in [0.25, 0.3) is 0 Å². The average molecular weight is 277 g/mol. The fourth-order valence-corrected chi connectivity index (χ4v) is 3.35. The fraction of sp³-hybridized carbons (Fsp3) is 0.667. The lowest BCUT2D eigenvalue weighted by Crippen LogP contribution is -2.29. The molecule has 0 unspecified atom stereocenters. The summed E-state index contributed by atoms with van der Waals surface area (Å²) in [4.78, 5) is 11.2. The highest BCUT2D eigenvalue weighted by atomic mass is 16.4. The Hall–Kier alpha value is -1.65. The van der Waals surface area contributed by atoms with Gasteiger partial charge in [0.15, 0.2) is 5.82 Å². The van der Waals surface area contributed by atoms with Crippen LogP contribution in [-0.2, 0) is 0 Å². The Morgan fingerprint density at radius 1 is 1.45 bits per heavy atom. The molecule has 0 spiro atoms. The zero-order chi connectivity index (χ0) is 14.6. The van der Waals surface area contributed by atoms with E-state index in [1.807, 2.05) is 0 Å². The predicted molar refractivity (Wildman–Crippen MR) is 77.8 cm³/mol. The number of carbonyl (C=O) groups is 1. The topological polar surface area (TPSA) is 75.1 Å². The lowest BCUT2D eigenvalue weighted by Gasteiger charge is -2.31. The highest BCUT2D eigenvalue weighted by Gasteiger charge is 2.34. The molecule has 0 aliphatic heterocycles. The van der Waals surface area contributed by atoms with Crippen molar-refractivity contribution in [1.82, 2.24) is 10.2 Å². The molecule has 0 saturated heterocycles. The normalized spacial score (nSPS) is 17.4. The number of hydrogen-bond donors (Lipinski definition) is 2. The summed E-state index contributed by atoms with van der Waals surface area (Å²) in [7, 11) is 0. The molecule has 1 aromatic rings. The third kappa shape index (κ3) is 3.46. The Bertz CT molecular complexity index is 468. The number of carboxylic acids is 1. The number of nitrogens with one attached hydrogen (secondary N) is 1. The minimum atomic E-state index is -0.966. The van der Waals surface area contributed by atoms with Crippen molar-refractivity contribution in [1.29, 1.82) is 0 Å². The second kappa shape index (κ2) is 6.20. The van der Waals surface area contributed by atoms with Gasteiger partial charge in [0.2, 0.25) is 0 Å². The van der Waals surface area contributed by atoms with Crippen LogP contribution in [0.15, 0.2) is 12.3 Å². The van der Waals surface area contributed by atoms with E-state index in [4.69, 9.17) is 5.11 Å². The molecule has 0 radical (unpaired) electrons. The molecule has 110 valence electrons. The smallest absolute Gasteiger partial charge is 0.339 e. The maximum absolute atomic E-state index is 11.2. The van der Waals surface area contributed by atoms with E-state index < -0.39 is 5.97 Å². The average Bonchev–Trinajstić information content (AvgIpc) is 2.84. The largest absolute Gasteiger partial charge is 0.478 e. The van der Waals surface area contributed by atoms with Crippen molar-refractivity contribution in [3.05, 3.63) is 17.8 Å². The Balaban J connectivity index is 2.08. The zero-order valence-electron chi connectivity index (χ0n) is 12.2. The van der Waals surface area contributed by atoms with Crippen LogP contribution in [0.5, 0.6) is 0 Å². The van der Waals surface area contributed by atoms with Crippen LogP contribution in [0.3, 0.4) is 0 Å². The highest BCUT2D eigenvalue weighted by Crippen LogP contribution is 2.43. The van der Waals surface area contributed by atoms with Crippen molar-refractivity contribution in [2.75, 3.05) is 11.9 Å². The number of aromatic carboxylic acids is 1. The number of carboxylic acid groups (broad SMARTS) is 1. The van der Waals surface area contributed by atoms with Crippen molar-refractivity contribution in [3.8, 4) is 0 Å². The molecule has 1 saturated carbocycles. The summed E-state index contributed by atoms with van der Waals surface area (Å²) < 4.78 is 0. The van der Waals surface area contributed by atoms with Gasteiger partial charge in [0.1, 0.15) is 5.56 Å². The summed E-state index contributed by atoms with van der Waals surface area (Å²) in [5.41, 5.74) is 0.472. The molecular formula is C15H23N3O2. The van der Waals surface area contributed by atoms with E-state index in [0.29, 0.717) is 11.7 Å².